The number of Topliss-reactive ketones (excluding diaryl/α,β-unsaturated/α-hetero) is 1. The maximum Gasteiger partial charge on any atom is 0.264 e. The molecule has 0 aliphatic rings. The topological polar surface area (TPSA) is 44.3 Å². The first-order chi connectivity index (χ1) is 13.0. The maximum absolute atomic E-state index is 11.9. The highest BCUT2D eigenvalue weighted by molar-refractivity contribution is 5.83. The van der Waals surface area contributed by atoms with Gasteiger partial charge in [-0.1, -0.05) is 24.3 Å². The number of ketones is 1. The van der Waals surface area contributed by atoms with Gasteiger partial charge in [-0.05, 0) is 31.2 Å². The predicted molar refractivity (Wildman–Crippen MR) is 105 cm³/mol. The first kappa shape index (κ1) is 18.7. The molecule has 3 rings (SSSR count). The van der Waals surface area contributed by atoms with Crippen LogP contribution in [0, 0.1) is 0 Å². The fourth-order valence-electron chi connectivity index (χ4n) is 3.56. The molecule has 0 radical (unpaired) electrons. The van der Waals surface area contributed by atoms with Gasteiger partial charge in [-0.3, -0.25) is 4.79 Å². The number of rotatable bonds is 6. The third kappa shape index (κ3) is 3.33. The molecule has 0 aliphatic heterocycles. The largest absolute Gasteiger partial charge is 0.496 e. The molecule has 0 unspecified atom stereocenters. The van der Waals surface area contributed by atoms with Gasteiger partial charge in [0.25, 0.3) is 5.82 Å². The molecule has 2 aromatic carbocycles. The van der Waals surface area contributed by atoms with Crippen LogP contribution in [0.5, 0.6) is 11.5 Å². The van der Waals surface area contributed by atoms with Crippen molar-refractivity contribution in [2.75, 3.05) is 14.2 Å². The van der Waals surface area contributed by atoms with E-state index >= 15 is 0 Å². The molecule has 27 heavy (non-hydrogen) atoms. The molecule has 1 heterocycles. The summed E-state index contributed by atoms with van der Waals surface area (Å²) in [6, 6.07) is 15.8. The van der Waals surface area contributed by atoms with Crippen LogP contribution in [-0.4, -0.2) is 24.6 Å². The van der Waals surface area contributed by atoms with Crippen molar-refractivity contribution in [1.82, 2.24) is 4.57 Å². The molecule has 3 aromatic rings. The van der Waals surface area contributed by atoms with Crippen LogP contribution in [0.15, 0.2) is 48.5 Å². The van der Waals surface area contributed by atoms with Crippen molar-refractivity contribution in [3.8, 4) is 34.0 Å². The minimum atomic E-state index is 0.115. The second kappa shape index (κ2) is 7.66. The van der Waals surface area contributed by atoms with Gasteiger partial charge in [0, 0.05) is 0 Å². The number of imidazole rings is 1. The zero-order valence-electron chi connectivity index (χ0n) is 16.4. The Bertz CT molecular complexity index is 918. The summed E-state index contributed by atoms with van der Waals surface area (Å²) in [5.41, 5.74) is 3.90. The molecule has 0 fully saturated rings. The van der Waals surface area contributed by atoms with Crippen LogP contribution in [0.1, 0.15) is 12.7 Å². The predicted octanol–water partition coefficient (Wildman–Crippen LogP) is 3.33. The van der Waals surface area contributed by atoms with Crippen LogP contribution in [0.4, 0.5) is 0 Å². The van der Waals surface area contributed by atoms with E-state index in [0.717, 1.165) is 39.8 Å². The lowest BCUT2D eigenvalue weighted by atomic mass is 10.0. The maximum atomic E-state index is 11.9. The van der Waals surface area contributed by atoms with Crippen LogP contribution < -0.4 is 14.0 Å². The van der Waals surface area contributed by atoms with Gasteiger partial charge in [0.1, 0.15) is 23.7 Å². The molecule has 5 nitrogen and oxygen atoms in total. The van der Waals surface area contributed by atoms with Crippen molar-refractivity contribution < 1.29 is 18.8 Å². The summed E-state index contributed by atoms with van der Waals surface area (Å²) in [6.45, 7) is 1.61. The molecular weight excluding hydrogens is 340 g/mol. The number of hydrogen-bond donors (Lipinski definition) is 0. The number of nitrogens with zero attached hydrogens (tertiary/aromatic N) is 2. The summed E-state index contributed by atoms with van der Waals surface area (Å²) in [6.07, 6.45) is 0.351. The summed E-state index contributed by atoms with van der Waals surface area (Å²) in [7, 11) is 7.31. The quantitative estimate of drug-likeness (QED) is 0.630. The minimum absolute atomic E-state index is 0.115. The van der Waals surface area contributed by atoms with Crippen molar-refractivity contribution in [1.29, 1.82) is 0 Å². The van der Waals surface area contributed by atoms with Gasteiger partial charge < -0.3 is 9.47 Å². The highest BCUT2D eigenvalue weighted by Crippen LogP contribution is 2.39. The standard InChI is InChI=1S/C22H25N2O3/c1-15(25)14-20-23(2)21(16-10-6-8-12-18(16)26-4)22(24(20)3)17-11-7-9-13-19(17)27-5/h6-13H,14H2,1-5H3/q+1. The third-order valence-corrected chi connectivity index (χ3v) is 4.80. The van der Waals surface area contributed by atoms with Crippen molar-refractivity contribution in [3.63, 3.8) is 0 Å². The van der Waals surface area contributed by atoms with E-state index in [1.807, 2.05) is 62.6 Å². The number of carbonyl (C=O) groups is 1. The summed E-state index contributed by atoms with van der Waals surface area (Å²) >= 11 is 0. The van der Waals surface area contributed by atoms with Crippen LogP contribution in [-0.2, 0) is 25.3 Å². The van der Waals surface area contributed by atoms with E-state index in [0.29, 0.717) is 6.42 Å². The molecule has 0 bridgehead atoms. The molecule has 5 heteroatoms. The molecule has 0 N–H and O–H groups in total. The molecule has 0 amide bonds. The lowest BCUT2D eigenvalue weighted by molar-refractivity contribution is -0.667. The lowest BCUT2D eigenvalue weighted by Crippen LogP contribution is -2.35. The fourth-order valence-corrected chi connectivity index (χ4v) is 3.56. The summed E-state index contributed by atoms with van der Waals surface area (Å²) in [5.74, 6) is 2.60. The van der Waals surface area contributed by atoms with Gasteiger partial charge >= 0.3 is 0 Å². The SMILES string of the molecule is COc1ccccc1-c1c(-c2ccccc2OC)[n+](C)c(CC(C)=O)n1C. The Morgan fingerprint density at radius 2 is 1.48 bits per heavy atom. The van der Waals surface area contributed by atoms with E-state index in [1.165, 1.54) is 0 Å². The molecule has 0 saturated heterocycles. The van der Waals surface area contributed by atoms with E-state index in [2.05, 4.69) is 9.13 Å². The van der Waals surface area contributed by atoms with Gasteiger partial charge in [0.05, 0.1) is 39.4 Å². The highest BCUT2D eigenvalue weighted by Gasteiger charge is 2.32. The monoisotopic (exact) mass is 365 g/mol. The normalized spacial score (nSPS) is 10.7. The van der Waals surface area contributed by atoms with Gasteiger partial charge in [-0.25, -0.2) is 9.13 Å². The van der Waals surface area contributed by atoms with E-state index in [-0.39, 0.29) is 5.78 Å². The molecule has 0 saturated carbocycles. The molecule has 0 aliphatic carbocycles. The molecule has 0 spiro atoms. The van der Waals surface area contributed by atoms with E-state index in [4.69, 9.17) is 9.47 Å². The Hall–Kier alpha value is -3.08. The number of benzene rings is 2. The number of hydrogen-bond acceptors (Lipinski definition) is 3. The minimum Gasteiger partial charge on any atom is -0.496 e. The van der Waals surface area contributed by atoms with Gasteiger partial charge in [-0.15, -0.1) is 0 Å². The average Bonchev–Trinajstić information content (AvgIpc) is 2.91. The molecule has 0 atom stereocenters. The zero-order chi connectivity index (χ0) is 19.6. The Balaban J connectivity index is 2.39. The van der Waals surface area contributed by atoms with Gasteiger partial charge in [0.2, 0.25) is 0 Å². The highest BCUT2D eigenvalue weighted by atomic mass is 16.5. The summed E-state index contributed by atoms with van der Waals surface area (Å²) in [5, 5.41) is 0. The van der Waals surface area contributed by atoms with Crippen molar-refractivity contribution in [2.24, 2.45) is 14.1 Å². The Kier molecular flexibility index (Phi) is 5.31. The Morgan fingerprint density at radius 3 is 2.04 bits per heavy atom. The van der Waals surface area contributed by atoms with Gasteiger partial charge in [-0.2, -0.15) is 0 Å². The molecule has 1 aromatic heterocycles. The average molecular weight is 365 g/mol. The number of ether oxygens (including phenoxy) is 2. The summed E-state index contributed by atoms with van der Waals surface area (Å²) in [4.78, 5) is 11.9. The van der Waals surface area contributed by atoms with Crippen molar-refractivity contribution in [2.45, 2.75) is 13.3 Å². The Labute approximate surface area is 159 Å². The van der Waals surface area contributed by atoms with Crippen LogP contribution in [0.2, 0.25) is 0 Å². The second-order valence-corrected chi connectivity index (χ2v) is 6.51. The zero-order valence-corrected chi connectivity index (χ0v) is 16.4. The van der Waals surface area contributed by atoms with E-state index < -0.39 is 0 Å². The lowest BCUT2D eigenvalue weighted by Gasteiger charge is -2.10. The first-order valence-corrected chi connectivity index (χ1v) is 8.83. The Morgan fingerprint density at radius 1 is 0.963 bits per heavy atom. The molecule has 140 valence electrons. The molecular formula is C22H25N2O3+. The smallest absolute Gasteiger partial charge is 0.264 e. The first-order valence-electron chi connectivity index (χ1n) is 8.83. The van der Waals surface area contributed by atoms with E-state index in [1.54, 1.807) is 21.1 Å². The van der Waals surface area contributed by atoms with E-state index in [9.17, 15) is 4.79 Å². The van der Waals surface area contributed by atoms with Crippen molar-refractivity contribution in [3.05, 3.63) is 54.4 Å². The second-order valence-electron chi connectivity index (χ2n) is 6.51. The summed E-state index contributed by atoms with van der Waals surface area (Å²) < 4.78 is 15.4. The van der Waals surface area contributed by atoms with Crippen LogP contribution in [0.3, 0.4) is 0 Å². The number of carbonyl (C=O) groups excluding carboxylic acids is 1. The number of para-hydroxylation sites is 2. The van der Waals surface area contributed by atoms with Crippen LogP contribution in [0.25, 0.3) is 22.5 Å². The number of aromatic nitrogens is 2. The van der Waals surface area contributed by atoms with Crippen molar-refractivity contribution >= 4 is 5.78 Å². The third-order valence-electron chi connectivity index (χ3n) is 4.80. The van der Waals surface area contributed by atoms with Crippen LogP contribution >= 0.6 is 0 Å². The fraction of sp³-hybridized carbons (Fsp3) is 0.273. The van der Waals surface area contributed by atoms with Gasteiger partial charge in [0.15, 0.2) is 11.4 Å². The number of methoxy groups -OCH3 is 2.